The lowest BCUT2D eigenvalue weighted by Crippen LogP contribution is -2.58. The molecule has 1 unspecified atom stereocenters. The summed E-state index contributed by atoms with van der Waals surface area (Å²) in [6, 6.07) is -0.471. The van der Waals surface area contributed by atoms with Crippen molar-refractivity contribution < 1.29 is 24.2 Å². The van der Waals surface area contributed by atoms with E-state index in [1.54, 1.807) is 0 Å². The van der Waals surface area contributed by atoms with Gasteiger partial charge in [0.2, 0.25) is 0 Å². The third-order valence-corrected chi connectivity index (χ3v) is 6.22. The molecule has 26 heavy (non-hydrogen) atoms. The number of rotatable bonds is 1. The number of ether oxygens (including phenoxy) is 2. The molecule has 0 radical (unpaired) electrons. The summed E-state index contributed by atoms with van der Waals surface area (Å²) >= 11 is 1.15. The van der Waals surface area contributed by atoms with Crippen molar-refractivity contribution in [2.75, 3.05) is 5.75 Å². The number of hydrogen-bond donors (Lipinski definition) is 2. The van der Waals surface area contributed by atoms with E-state index in [2.05, 4.69) is 24.4 Å². The fourth-order valence-electron chi connectivity index (χ4n) is 3.91. The minimum atomic E-state index is -1.48. The van der Waals surface area contributed by atoms with E-state index in [4.69, 9.17) is 9.47 Å². The van der Waals surface area contributed by atoms with Crippen LogP contribution in [0.3, 0.4) is 0 Å². The first kappa shape index (κ1) is 19.7. The Balaban J connectivity index is 1.72. The van der Waals surface area contributed by atoms with Gasteiger partial charge < -0.3 is 19.9 Å². The van der Waals surface area contributed by atoms with E-state index in [0.717, 1.165) is 43.9 Å². The maximum atomic E-state index is 12.3. The maximum Gasteiger partial charge on any atom is 0.306 e. The first-order valence-electron chi connectivity index (χ1n) is 9.62. The molecular weight excluding hydrogens is 354 g/mol. The molecule has 7 heteroatoms. The van der Waals surface area contributed by atoms with Gasteiger partial charge in [-0.3, -0.25) is 9.59 Å². The van der Waals surface area contributed by atoms with Crippen molar-refractivity contribution in [1.29, 1.82) is 0 Å². The lowest BCUT2D eigenvalue weighted by atomic mass is 9.91. The molecule has 0 saturated carbocycles. The van der Waals surface area contributed by atoms with Crippen LogP contribution in [-0.2, 0) is 14.3 Å². The summed E-state index contributed by atoms with van der Waals surface area (Å²) in [6.07, 6.45) is 9.70. The number of esters is 1. The fourth-order valence-corrected chi connectivity index (χ4v) is 4.79. The van der Waals surface area contributed by atoms with Gasteiger partial charge in [-0.05, 0) is 38.0 Å². The summed E-state index contributed by atoms with van der Waals surface area (Å²) in [7, 11) is 0. The highest BCUT2D eigenvalue weighted by Gasteiger charge is 2.49. The Bertz CT molecular complexity index is 554. The molecule has 0 aliphatic carbocycles. The first-order valence-corrected chi connectivity index (χ1v) is 10.6. The molecular formula is C19H29NO5S. The van der Waals surface area contributed by atoms with Crippen LogP contribution in [0, 0.1) is 5.92 Å². The van der Waals surface area contributed by atoms with Gasteiger partial charge in [-0.25, -0.2) is 0 Å². The number of carbonyl (C=O) groups excluding carboxylic acids is 2. The van der Waals surface area contributed by atoms with Crippen LogP contribution in [0.1, 0.15) is 58.3 Å². The van der Waals surface area contributed by atoms with Gasteiger partial charge in [-0.2, -0.15) is 0 Å². The molecule has 0 spiro atoms. The molecule has 0 aromatic carbocycles. The molecule has 2 bridgehead atoms. The van der Waals surface area contributed by atoms with Crippen molar-refractivity contribution in [3.63, 3.8) is 0 Å². The number of aliphatic hydroxyl groups is 1. The second kappa shape index (κ2) is 8.76. The van der Waals surface area contributed by atoms with Gasteiger partial charge >= 0.3 is 5.97 Å². The summed E-state index contributed by atoms with van der Waals surface area (Å²) in [4.78, 5) is 23.9. The standard InChI is InChI=1S/C19H29NO5S/c1-13-7-5-3-2-4-6-8-14-10-15(24-17(21)9-13)11-19(23,25-14)16-12-26-18(22)20-16/h2-3,13-16,23H,4-12H2,1H3,(H,20,22)/t13?,14-,15-,16+,19-/m1/s1. The normalized spacial score (nSPS) is 39.8. The van der Waals surface area contributed by atoms with Gasteiger partial charge in [0.15, 0.2) is 5.79 Å². The van der Waals surface area contributed by atoms with Crippen LogP contribution in [0.5, 0.6) is 0 Å². The molecule has 146 valence electrons. The van der Waals surface area contributed by atoms with Gasteiger partial charge in [0.05, 0.1) is 12.1 Å². The predicted octanol–water partition coefficient (Wildman–Crippen LogP) is 3.14. The molecule has 6 nitrogen and oxygen atoms in total. The highest BCUT2D eigenvalue weighted by atomic mass is 32.2. The zero-order valence-corrected chi connectivity index (χ0v) is 16.1. The summed E-state index contributed by atoms with van der Waals surface area (Å²) in [5.74, 6) is -0.958. The van der Waals surface area contributed by atoms with Crippen molar-refractivity contribution >= 4 is 23.0 Å². The zero-order chi connectivity index (χ0) is 18.6. The average molecular weight is 384 g/mol. The van der Waals surface area contributed by atoms with E-state index in [1.165, 1.54) is 0 Å². The van der Waals surface area contributed by atoms with Crippen molar-refractivity contribution in [1.82, 2.24) is 5.32 Å². The molecule has 1 amide bonds. The molecule has 2 N–H and O–H groups in total. The Morgan fingerprint density at radius 2 is 2.04 bits per heavy atom. The monoisotopic (exact) mass is 383 g/mol. The number of thioether (sulfide) groups is 1. The van der Waals surface area contributed by atoms with Gasteiger partial charge in [0.1, 0.15) is 6.10 Å². The minimum Gasteiger partial charge on any atom is -0.462 e. The Kier molecular flexibility index (Phi) is 6.64. The maximum absolute atomic E-state index is 12.3. The quantitative estimate of drug-likeness (QED) is 0.534. The van der Waals surface area contributed by atoms with E-state index < -0.39 is 11.8 Å². The molecule has 2 fully saturated rings. The molecule has 3 aliphatic heterocycles. The highest BCUT2D eigenvalue weighted by Crippen LogP contribution is 2.36. The van der Waals surface area contributed by atoms with Crippen LogP contribution in [0.4, 0.5) is 4.79 Å². The number of carbonyl (C=O) groups is 2. The Labute approximate surface area is 159 Å². The number of allylic oxidation sites excluding steroid dienone is 2. The number of nitrogens with one attached hydrogen (secondary N) is 1. The lowest BCUT2D eigenvalue weighted by Gasteiger charge is -2.43. The molecule has 3 heterocycles. The largest absolute Gasteiger partial charge is 0.462 e. The predicted molar refractivity (Wildman–Crippen MR) is 99.7 cm³/mol. The molecule has 0 aromatic heterocycles. The molecule has 3 aliphatic rings. The van der Waals surface area contributed by atoms with Crippen LogP contribution in [0.15, 0.2) is 12.2 Å². The Morgan fingerprint density at radius 1 is 1.23 bits per heavy atom. The Morgan fingerprint density at radius 3 is 2.81 bits per heavy atom. The number of fused-ring (bicyclic) bond motifs is 2. The molecule has 0 aromatic rings. The SMILES string of the molecule is CC1CCC=CCCC[C@@H]2C[C@H](C[C@](O)([C@@H]3CSC(=O)N3)O2)OC(=O)C1. The van der Waals surface area contributed by atoms with E-state index in [9.17, 15) is 14.7 Å². The minimum absolute atomic E-state index is 0.149. The van der Waals surface area contributed by atoms with E-state index in [1.807, 2.05) is 0 Å². The lowest BCUT2D eigenvalue weighted by molar-refractivity contribution is -0.284. The average Bonchev–Trinajstić information content (AvgIpc) is 3.00. The van der Waals surface area contributed by atoms with Crippen molar-refractivity contribution in [2.45, 2.75) is 82.3 Å². The Hall–Kier alpha value is -1.05. The van der Waals surface area contributed by atoms with Gasteiger partial charge in [0, 0.05) is 25.0 Å². The zero-order valence-electron chi connectivity index (χ0n) is 15.3. The van der Waals surface area contributed by atoms with E-state index in [-0.39, 0.29) is 35.8 Å². The second-order valence-corrected chi connectivity index (χ2v) is 8.71. The van der Waals surface area contributed by atoms with Gasteiger partial charge in [-0.1, -0.05) is 30.8 Å². The summed E-state index contributed by atoms with van der Waals surface area (Å²) in [6.45, 7) is 2.06. The van der Waals surface area contributed by atoms with E-state index >= 15 is 0 Å². The fraction of sp³-hybridized carbons (Fsp3) is 0.789. The van der Waals surface area contributed by atoms with Crippen LogP contribution >= 0.6 is 11.8 Å². The van der Waals surface area contributed by atoms with Crippen LogP contribution in [0.2, 0.25) is 0 Å². The van der Waals surface area contributed by atoms with Crippen LogP contribution in [-0.4, -0.2) is 46.1 Å². The summed E-state index contributed by atoms with van der Waals surface area (Å²) in [5.41, 5.74) is 0. The number of amides is 1. The van der Waals surface area contributed by atoms with Crippen molar-refractivity contribution in [3.8, 4) is 0 Å². The second-order valence-electron chi connectivity index (χ2n) is 7.72. The summed E-state index contributed by atoms with van der Waals surface area (Å²) < 4.78 is 11.7. The van der Waals surface area contributed by atoms with E-state index in [0.29, 0.717) is 18.6 Å². The summed E-state index contributed by atoms with van der Waals surface area (Å²) in [5, 5.41) is 13.7. The van der Waals surface area contributed by atoms with Crippen molar-refractivity contribution in [2.24, 2.45) is 5.92 Å². The highest BCUT2D eigenvalue weighted by molar-refractivity contribution is 8.14. The van der Waals surface area contributed by atoms with Crippen LogP contribution < -0.4 is 5.32 Å². The third-order valence-electron chi connectivity index (χ3n) is 5.34. The molecule has 5 atom stereocenters. The smallest absolute Gasteiger partial charge is 0.306 e. The van der Waals surface area contributed by atoms with Crippen molar-refractivity contribution in [3.05, 3.63) is 12.2 Å². The van der Waals surface area contributed by atoms with Gasteiger partial charge in [0.25, 0.3) is 5.24 Å². The number of hydrogen-bond acceptors (Lipinski definition) is 6. The van der Waals surface area contributed by atoms with Gasteiger partial charge in [-0.15, -0.1) is 0 Å². The third kappa shape index (κ3) is 5.24. The molecule has 3 rings (SSSR count). The topological polar surface area (TPSA) is 84.9 Å². The first-order chi connectivity index (χ1) is 12.4. The molecule has 2 saturated heterocycles. The van der Waals surface area contributed by atoms with Crippen LogP contribution in [0.25, 0.3) is 0 Å².